The summed E-state index contributed by atoms with van der Waals surface area (Å²) in [5, 5.41) is 12.7. The van der Waals surface area contributed by atoms with E-state index in [4.69, 9.17) is 14.2 Å². The molecule has 0 aliphatic carbocycles. The van der Waals surface area contributed by atoms with Crippen molar-refractivity contribution in [2.75, 3.05) is 44.6 Å². The molecule has 162 valence electrons. The Bertz CT molecular complexity index is 866. The van der Waals surface area contributed by atoms with Crippen molar-refractivity contribution < 1.29 is 24.1 Å². The molecule has 9 heteroatoms. The summed E-state index contributed by atoms with van der Waals surface area (Å²) in [7, 11) is 4.65. The van der Waals surface area contributed by atoms with E-state index in [0.29, 0.717) is 53.6 Å². The third-order valence-electron chi connectivity index (χ3n) is 5.35. The van der Waals surface area contributed by atoms with Crippen molar-refractivity contribution in [1.82, 2.24) is 9.97 Å². The molecule has 1 aromatic carbocycles. The molecule has 2 unspecified atom stereocenters. The van der Waals surface area contributed by atoms with Crippen molar-refractivity contribution in [2.45, 2.75) is 19.8 Å². The normalized spacial score (nSPS) is 18.6. The molecule has 1 aliphatic rings. The summed E-state index contributed by atoms with van der Waals surface area (Å²) in [4.78, 5) is 22.5. The number of hydrogen-bond acceptors (Lipinski definition) is 8. The average molecular weight is 416 g/mol. The SMILES string of the molecule is CCC1CC(C(=O)O)CN(c2ccnc(Nc3cc(OC)c(OC)c(OC)c3)n2)C1. The molecule has 3 rings (SSSR count). The van der Waals surface area contributed by atoms with Crippen molar-refractivity contribution in [2.24, 2.45) is 11.8 Å². The highest BCUT2D eigenvalue weighted by atomic mass is 16.5. The first-order valence-corrected chi connectivity index (χ1v) is 9.86. The highest BCUT2D eigenvalue weighted by Gasteiger charge is 2.31. The standard InChI is InChI=1S/C21H28N4O5/c1-5-13-8-14(20(26)27)12-25(11-13)18-6-7-22-21(24-18)23-15-9-16(28-2)19(30-4)17(10-15)29-3/h6-7,9-10,13-14H,5,8,11-12H2,1-4H3,(H,26,27)(H,22,23,24). The molecule has 9 nitrogen and oxygen atoms in total. The smallest absolute Gasteiger partial charge is 0.308 e. The van der Waals surface area contributed by atoms with Gasteiger partial charge in [0.15, 0.2) is 11.5 Å². The fraction of sp³-hybridized carbons (Fsp3) is 0.476. The van der Waals surface area contributed by atoms with Gasteiger partial charge in [0.05, 0.1) is 27.2 Å². The van der Waals surface area contributed by atoms with E-state index in [1.807, 2.05) is 4.90 Å². The van der Waals surface area contributed by atoms with Crippen LogP contribution in [0.25, 0.3) is 0 Å². The van der Waals surface area contributed by atoms with Gasteiger partial charge in [0.2, 0.25) is 11.7 Å². The number of ether oxygens (including phenoxy) is 3. The average Bonchev–Trinajstić information content (AvgIpc) is 2.78. The molecule has 0 bridgehead atoms. The maximum Gasteiger partial charge on any atom is 0.308 e. The molecular weight excluding hydrogens is 388 g/mol. The lowest BCUT2D eigenvalue weighted by atomic mass is 9.87. The van der Waals surface area contributed by atoms with Crippen LogP contribution in [0.5, 0.6) is 17.2 Å². The van der Waals surface area contributed by atoms with Crippen LogP contribution >= 0.6 is 0 Å². The summed E-state index contributed by atoms with van der Waals surface area (Å²) in [6.45, 7) is 3.30. The number of aromatic nitrogens is 2. The molecule has 30 heavy (non-hydrogen) atoms. The van der Waals surface area contributed by atoms with E-state index in [2.05, 4.69) is 22.2 Å². The zero-order valence-corrected chi connectivity index (χ0v) is 17.7. The Morgan fingerprint density at radius 2 is 1.90 bits per heavy atom. The van der Waals surface area contributed by atoms with Crippen LogP contribution in [0.2, 0.25) is 0 Å². The molecule has 2 N–H and O–H groups in total. The fourth-order valence-corrected chi connectivity index (χ4v) is 3.73. The van der Waals surface area contributed by atoms with Crippen LogP contribution in [0.15, 0.2) is 24.4 Å². The second kappa shape index (κ2) is 9.51. The summed E-state index contributed by atoms with van der Waals surface area (Å²) in [5.41, 5.74) is 0.676. The number of benzene rings is 1. The number of nitrogens with one attached hydrogen (secondary N) is 1. The Morgan fingerprint density at radius 1 is 1.20 bits per heavy atom. The lowest BCUT2D eigenvalue weighted by Gasteiger charge is -2.36. The molecule has 2 heterocycles. The predicted octanol–water partition coefficient (Wildman–Crippen LogP) is 3.18. The molecule has 1 fully saturated rings. The largest absolute Gasteiger partial charge is 0.493 e. The first-order chi connectivity index (χ1) is 14.5. The van der Waals surface area contributed by atoms with E-state index in [-0.39, 0.29) is 0 Å². The Hall–Kier alpha value is -3.23. The van der Waals surface area contributed by atoms with Crippen LogP contribution < -0.4 is 24.4 Å². The van der Waals surface area contributed by atoms with Gasteiger partial charge in [0, 0.05) is 37.1 Å². The number of carboxylic acid groups (broad SMARTS) is 1. The van der Waals surface area contributed by atoms with E-state index in [0.717, 1.165) is 13.0 Å². The monoisotopic (exact) mass is 416 g/mol. The zero-order valence-electron chi connectivity index (χ0n) is 17.7. The van der Waals surface area contributed by atoms with Gasteiger partial charge in [-0.05, 0) is 18.4 Å². The lowest BCUT2D eigenvalue weighted by molar-refractivity contribution is -0.142. The van der Waals surface area contributed by atoms with Gasteiger partial charge in [-0.15, -0.1) is 0 Å². The maximum atomic E-state index is 11.6. The van der Waals surface area contributed by atoms with Gasteiger partial charge in [0.25, 0.3) is 0 Å². The zero-order chi connectivity index (χ0) is 21.7. The second-order valence-corrected chi connectivity index (χ2v) is 7.23. The summed E-state index contributed by atoms with van der Waals surface area (Å²) < 4.78 is 16.1. The minimum atomic E-state index is -0.761. The molecule has 0 radical (unpaired) electrons. The van der Waals surface area contributed by atoms with E-state index in [9.17, 15) is 9.90 Å². The molecular formula is C21H28N4O5. The van der Waals surface area contributed by atoms with Gasteiger partial charge < -0.3 is 29.5 Å². The molecule has 0 amide bonds. The molecule has 1 aliphatic heterocycles. The van der Waals surface area contributed by atoms with Gasteiger partial charge in [-0.25, -0.2) is 4.98 Å². The van der Waals surface area contributed by atoms with E-state index in [1.54, 1.807) is 45.7 Å². The number of rotatable bonds is 8. The summed E-state index contributed by atoms with van der Waals surface area (Å²) in [5.74, 6) is 1.79. The van der Waals surface area contributed by atoms with Gasteiger partial charge in [-0.2, -0.15) is 4.98 Å². The van der Waals surface area contributed by atoms with Crippen molar-refractivity contribution in [1.29, 1.82) is 0 Å². The minimum absolute atomic E-state index is 0.321. The Kier molecular flexibility index (Phi) is 6.81. The Labute approximate surface area is 176 Å². The number of methoxy groups -OCH3 is 3. The Morgan fingerprint density at radius 3 is 2.47 bits per heavy atom. The molecule has 0 spiro atoms. The van der Waals surface area contributed by atoms with Crippen LogP contribution in [0.3, 0.4) is 0 Å². The summed E-state index contributed by atoms with van der Waals surface area (Å²) in [6, 6.07) is 5.34. The number of hydrogen-bond donors (Lipinski definition) is 2. The number of piperidine rings is 1. The predicted molar refractivity (Wildman–Crippen MR) is 113 cm³/mol. The molecule has 0 saturated carbocycles. The van der Waals surface area contributed by atoms with Gasteiger partial charge in [0.1, 0.15) is 5.82 Å². The van der Waals surface area contributed by atoms with Gasteiger partial charge in [-0.3, -0.25) is 4.79 Å². The first-order valence-electron chi connectivity index (χ1n) is 9.86. The van der Waals surface area contributed by atoms with Gasteiger partial charge in [-0.1, -0.05) is 13.3 Å². The van der Waals surface area contributed by atoms with Crippen molar-refractivity contribution in [3.05, 3.63) is 24.4 Å². The highest BCUT2D eigenvalue weighted by Crippen LogP contribution is 2.40. The van der Waals surface area contributed by atoms with Crippen LogP contribution in [0, 0.1) is 11.8 Å². The van der Waals surface area contributed by atoms with Crippen LogP contribution in [-0.4, -0.2) is 55.5 Å². The topological polar surface area (TPSA) is 106 Å². The number of nitrogens with zero attached hydrogens (tertiary/aromatic N) is 3. The molecule has 2 atom stereocenters. The second-order valence-electron chi connectivity index (χ2n) is 7.23. The number of anilines is 3. The Balaban J connectivity index is 1.85. The van der Waals surface area contributed by atoms with E-state index in [1.165, 1.54) is 0 Å². The summed E-state index contributed by atoms with van der Waals surface area (Å²) in [6.07, 6.45) is 3.29. The first kappa shape index (κ1) is 21.5. The van der Waals surface area contributed by atoms with Crippen LogP contribution in [0.1, 0.15) is 19.8 Å². The number of carboxylic acids is 1. The molecule has 1 saturated heterocycles. The minimum Gasteiger partial charge on any atom is -0.493 e. The van der Waals surface area contributed by atoms with Crippen LogP contribution in [-0.2, 0) is 4.79 Å². The third-order valence-corrected chi connectivity index (χ3v) is 5.35. The third kappa shape index (κ3) is 4.67. The highest BCUT2D eigenvalue weighted by molar-refractivity contribution is 5.71. The molecule has 2 aromatic rings. The van der Waals surface area contributed by atoms with E-state index >= 15 is 0 Å². The molecule has 1 aromatic heterocycles. The van der Waals surface area contributed by atoms with Crippen molar-refractivity contribution in [3.8, 4) is 17.2 Å². The van der Waals surface area contributed by atoms with E-state index < -0.39 is 11.9 Å². The maximum absolute atomic E-state index is 11.6. The quantitative estimate of drug-likeness (QED) is 0.671. The van der Waals surface area contributed by atoms with Crippen molar-refractivity contribution >= 4 is 23.4 Å². The van der Waals surface area contributed by atoms with Crippen molar-refractivity contribution in [3.63, 3.8) is 0 Å². The fourth-order valence-electron chi connectivity index (χ4n) is 3.73. The number of carbonyl (C=O) groups is 1. The van der Waals surface area contributed by atoms with Crippen LogP contribution in [0.4, 0.5) is 17.5 Å². The summed E-state index contributed by atoms with van der Waals surface area (Å²) >= 11 is 0. The lowest BCUT2D eigenvalue weighted by Crippen LogP contribution is -2.43. The van der Waals surface area contributed by atoms with Gasteiger partial charge >= 0.3 is 5.97 Å². The number of aliphatic carboxylic acids is 1.